The highest BCUT2D eigenvalue weighted by Gasteiger charge is 2.03. The van der Waals surface area contributed by atoms with Crippen LogP contribution in [0, 0.1) is 18.3 Å². The molecule has 0 saturated heterocycles. The lowest BCUT2D eigenvalue weighted by Gasteiger charge is -2.09. The normalized spacial score (nSPS) is 9.67. The van der Waals surface area contributed by atoms with E-state index in [1.807, 2.05) is 19.1 Å². The fourth-order valence-corrected chi connectivity index (χ4v) is 1.21. The maximum absolute atomic E-state index is 8.36. The number of aryl methyl sites for hydroxylation is 1. The molecule has 0 saturated carbocycles. The van der Waals surface area contributed by atoms with Crippen molar-refractivity contribution in [2.45, 2.75) is 26.3 Å². The van der Waals surface area contributed by atoms with Gasteiger partial charge in [-0.25, -0.2) is 0 Å². The van der Waals surface area contributed by atoms with Crippen molar-refractivity contribution >= 4 is 0 Å². The summed E-state index contributed by atoms with van der Waals surface area (Å²) in [5, 5.41) is 8.36. The molecule has 0 bridgehead atoms. The quantitative estimate of drug-likeness (QED) is 0.740. The maximum Gasteiger partial charge on any atom is 0.142 e. The zero-order valence-electron chi connectivity index (χ0n) is 8.86. The fraction of sp³-hybridized carbons (Fsp3) is 0.455. The molecule has 1 aromatic heterocycles. The van der Waals surface area contributed by atoms with Crippen molar-refractivity contribution in [1.29, 1.82) is 5.26 Å². The lowest BCUT2D eigenvalue weighted by atomic mass is 10.3. The van der Waals surface area contributed by atoms with Gasteiger partial charge in [0, 0.05) is 18.7 Å². The molecule has 4 heteroatoms. The third-order valence-electron chi connectivity index (χ3n) is 1.96. The summed E-state index contributed by atoms with van der Waals surface area (Å²) in [5.41, 5.74) is 7.26. The first-order valence-corrected chi connectivity index (χ1v) is 4.94. The van der Waals surface area contributed by atoms with Crippen molar-refractivity contribution in [3.05, 3.63) is 23.5 Å². The number of pyridine rings is 1. The summed E-state index contributed by atoms with van der Waals surface area (Å²) < 4.78 is 5.49. The Balaban J connectivity index is 2.57. The minimum atomic E-state index is 0.370. The largest absolute Gasteiger partial charge is 0.492 e. The molecular formula is C11H15N3O. The first-order chi connectivity index (χ1) is 7.27. The summed E-state index contributed by atoms with van der Waals surface area (Å²) in [6.45, 7) is 2.82. The molecule has 0 atom stereocenters. The molecule has 0 aromatic carbocycles. The minimum Gasteiger partial charge on any atom is -0.492 e. The van der Waals surface area contributed by atoms with Crippen molar-refractivity contribution in [2.75, 3.05) is 6.61 Å². The first kappa shape index (κ1) is 11.5. The Morgan fingerprint density at radius 3 is 3.00 bits per heavy atom. The molecule has 1 rings (SSSR count). The molecule has 0 fully saturated rings. The molecule has 0 unspecified atom stereocenters. The van der Waals surface area contributed by atoms with Gasteiger partial charge in [-0.05, 0) is 25.5 Å². The molecule has 2 N–H and O–H groups in total. The van der Waals surface area contributed by atoms with Crippen molar-refractivity contribution in [3.63, 3.8) is 0 Å². The second kappa shape index (κ2) is 5.99. The van der Waals surface area contributed by atoms with Crippen LogP contribution in [-0.4, -0.2) is 11.6 Å². The Morgan fingerprint density at radius 2 is 2.33 bits per heavy atom. The van der Waals surface area contributed by atoms with Crippen LogP contribution < -0.4 is 10.5 Å². The molecule has 0 amide bonds. The Labute approximate surface area is 89.7 Å². The van der Waals surface area contributed by atoms with Gasteiger partial charge in [0.1, 0.15) is 5.75 Å². The van der Waals surface area contributed by atoms with E-state index >= 15 is 0 Å². The number of unbranched alkanes of at least 4 members (excludes halogenated alkanes) is 1. The summed E-state index contributed by atoms with van der Waals surface area (Å²) in [6, 6.07) is 5.83. The van der Waals surface area contributed by atoms with Gasteiger partial charge in [0.05, 0.1) is 18.4 Å². The molecule has 1 aromatic rings. The third kappa shape index (κ3) is 3.56. The number of ether oxygens (including phenoxy) is 1. The molecule has 0 spiro atoms. The van der Waals surface area contributed by atoms with E-state index in [0.29, 0.717) is 19.6 Å². The zero-order valence-corrected chi connectivity index (χ0v) is 8.86. The van der Waals surface area contributed by atoms with Gasteiger partial charge >= 0.3 is 0 Å². The zero-order chi connectivity index (χ0) is 11.1. The number of nitrogens with zero attached hydrogens (tertiary/aromatic N) is 2. The van der Waals surface area contributed by atoms with Gasteiger partial charge in [0.2, 0.25) is 0 Å². The highest BCUT2D eigenvalue weighted by atomic mass is 16.5. The van der Waals surface area contributed by atoms with Crippen LogP contribution in [-0.2, 0) is 6.54 Å². The average molecular weight is 205 g/mol. The van der Waals surface area contributed by atoms with Crippen LogP contribution in [0.3, 0.4) is 0 Å². The Bertz CT molecular complexity index is 357. The molecular weight excluding hydrogens is 190 g/mol. The number of hydrogen-bond acceptors (Lipinski definition) is 4. The van der Waals surface area contributed by atoms with E-state index in [0.717, 1.165) is 23.6 Å². The molecule has 0 aliphatic carbocycles. The van der Waals surface area contributed by atoms with Crippen LogP contribution in [0.1, 0.15) is 24.2 Å². The van der Waals surface area contributed by atoms with Crippen LogP contribution in [0.25, 0.3) is 0 Å². The predicted octanol–water partition coefficient (Wildman–Crippen LogP) is 1.53. The summed E-state index contributed by atoms with van der Waals surface area (Å²) in [4.78, 5) is 4.28. The Hall–Kier alpha value is -1.60. The summed E-state index contributed by atoms with van der Waals surface area (Å²) in [6.07, 6.45) is 1.24. The average Bonchev–Trinajstić information content (AvgIpc) is 2.26. The number of rotatable bonds is 5. The molecule has 0 radical (unpaired) electrons. The van der Waals surface area contributed by atoms with E-state index in [9.17, 15) is 0 Å². The highest BCUT2D eigenvalue weighted by Crippen LogP contribution is 2.16. The van der Waals surface area contributed by atoms with Gasteiger partial charge < -0.3 is 10.5 Å². The second-order valence-corrected chi connectivity index (χ2v) is 3.21. The van der Waals surface area contributed by atoms with E-state index in [1.54, 1.807) is 0 Å². The second-order valence-electron chi connectivity index (χ2n) is 3.21. The van der Waals surface area contributed by atoms with Crippen LogP contribution in [0.2, 0.25) is 0 Å². The lowest BCUT2D eigenvalue weighted by molar-refractivity contribution is 0.308. The van der Waals surface area contributed by atoms with Gasteiger partial charge in [-0.2, -0.15) is 5.26 Å². The smallest absolute Gasteiger partial charge is 0.142 e. The number of nitriles is 1. The predicted molar refractivity (Wildman–Crippen MR) is 57.2 cm³/mol. The molecule has 0 aliphatic rings. The van der Waals surface area contributed by atoms with Crippen molar-refractivity contribution in [3.8, 4) is 11.8 Å². The summed E-state index contributed by atoms with van der Waals surface area (Å²) >= 11 is 0. The third-order valence-corrected chi connectivity index (χ3v) is 1.96. The van der Waals surface area contributed by atoms with Crippen LogP contribution in [0.15, 0.2) is 12.1 Å². The number of nitrogens with two attached hydrogens (primary N) is 1. The van der Waals surface area contributed by atoms with Crippen molar-refractivity contribution in [2.24, 2.45) is 5.73 Å². The highest BCUT2D eigenvalue weighted by molar-refractivity contribution is 5.29. The van der Waals surface area contributed by atoms with Crippen molar-refractivity contribution in [1.82, 2.24) is 4.98 Å². The van der Waals surface area contributed by atoms with Gasteiger partial charge in [0.25, 0.3) is 0 Å². The van der Waals surface area contributed by atoms with Crippen LogP contribution in [0.4, 0.5) is 0 Å². The molecule has 15 heavy (non-hydrogen) atoms. The molecule has 4 nitrogen and oxygen atoms in total. The van der Waals surface area contributed by atoms with Gasteiger partial charge in [0.15, 0.2) is 0 Å². The minimum absolute atomic E-state index is 0.370. The monoisotopic (exact) mass is 205 g/mol. The Morgan fingerprint density at radius 1 is 1.53 bits per heavy atom. The number of hydrogen-bond donors (Lipinski definition) is 1. The fourth-order valence-electron chi connectivity index (χ4n) is 1.21. The van der Waals surface area contributed by atoms with E-state index in [4.69, 9.17) is 15.7 Å². The van der Waals surface area contributed by atoms with E-state index < -0.39 is 0 Å². The molecule has 0 aliphatic heterocycles. The maximum atomic E-state index is 8.36. The Kier molecular flexibility index (Phi) is 4.58. The van der Waals surface area contributed by atoms with E-state index in [1.165, 1.54) is 0 Å². The molecule has 1 heterocycles. The lowest BCUT2D eigenvalue weighted by Crippen LogP contribution is -2.06. The number of aromatic nitrogens is 1. The van der Waals surface area contributed by atoms with E-state index in [-0.39, 0.29) is 0 Å². The van der Waals surface area contributed by atoms with Gasteiger partial charge in [-0.3, -0.25) is 4.98 Å². The summed E-state index contributed by atoms with van der Waals surface area (Å²) in [7, 11) is 0. The van der Waals surface area contributed by atoms with Crippen molar-refractivity contribution < 1.29 is 4.74 Å². The van der Waals surface area contributed by atoms with Gasteiger partial charge in [-0.15, -0.1) is 0 Å². The topological polar surface area (TPSA) is 71.9 Å². The molecule has 80 valence electrons. The van der Waals surface area contributed by atoms with Gasteiger partial charge in [-0.1, -0.05) is 0 Å². The van der Waals surface area contributed by atoms with E-state index in [2.05, 4.69) is 11.1 Å². The van der Waals surface area contributed by atoms with Crippen LogP contribution in [0.5, 0.6) is 5.75 Å². The summed E-state index contributed by atoms with van der Waals surface area (Å²) in [5.74, 6) is 0.723. The first-order valence-electron chi connectivity index (χ1n) is 4.94. The standard InChI is InChI=1S/C11H15N3O/c1-9-4-5-11(10(8-13)14-9)15-7-3-2-6-12/h4-5H,2-3,7-8,13H2,1H3. The SMILES string of the molecule is Cc1ccc(OCCCC#N)c(CN)n1. The van der Waals surface area contributed by atoms with Crippen LogP contribution >= 0.6 is 0 Å².